The summed E-state index contributed by atoms with van der Waals surface area (Å²) in [6, 6.07) is 24.0. The van der Waals surface area contributed by atoms with E-state index in [1.807, 2.05) is 26.0 Å². The second kappa shape index (κ2) is 36.7. The molecule has 11 N–H and O–H groups in total. The molecule has 4 saturated carbocycles. The van der Waals surface area contributed by atoms with E-state index >= 15 is 0 Å². The number of anilines is 4. The van der Waals surface area contributed by atoms with Gasteiger partial charge < -0.3 is 60.8 Å². The Hall–Kier alpha value is -15.3. The van der Waals surface area contributed by atoms with Crippen molar-refractivity contribution in [2.24, 2.45) is 0 Å². The lowest BCUT2D eigenvalue weighted by Gasteiger charge is -2.46. The quantitative estimate of drug-likeness (QED) is 0.0123. The van der Waals surface area contributed by atoms with Gasteiger partial charge in [0.25, 0.3) is 88.2 Å². The van der Waals surface area contributed by atoms with Crippen molar-refractivity contribution in [1.82, 2.24) is 85.8 Å². The smallest absolute Gasteiger partial charge is 0.295 e. The van der Waals surface area contributed by atoms with Crippen molar-refractivity contribution in [2.45, 2.75) is 224 Å². The molecule has 0 radical (unpaired) electrons. The van der Waals surface area contributed by atoms with E-state index in [0.717, 1.165) is 29.5 Å². The number of nitriles is 1. The number of carbonyl (C=O) groups is 12. The lowest BCUT2D eigenvalue weighted by molar-refractivity contribution is -0.149. The molecule has 714 valence electrons. The van der Waals surface area contributed by atoms with Crippen molar-refractivity contribution >= 4 is 105 Å². The number of nitrogens with zero attached hydrogens (tertiary/aromatic N) is 11. The van der Waals surface area contributed by atoms with Crippen molar-refractivity contribution in [3.05, 3.63) is 243 Å². The van der Waals surface area contributed by atoms with E-state index in [0.29, 0.717) is 178 Å². The number of alkyl halides is 6. The summed E-state index contributed by atoms with van der Waals surface area (Å²) in [5.74, 6) is -15.8. The number of aromatic amines is 3. The number of benzene rings is 4. The maximum absolute atomic E-state index is 13.8. The number of fused-ring (bicyclic) bond motifs is 4. The molecular formula is C96H92ClF7N22O12. The van der Waals surface area contributed by atoms with Gasteiger partial charge in [0, 0.05) is 115 Å². The number of terminal acetylenes is 1. The third kappa shape index (κ3) is 18.4. The van der Waals surface area contributed by atoms with Crippen LogP contribution >= 0.6 is 11.6 Å². The second-order valence-electron chi connectivity index (χ2n) is 36.3. The summed E-state index contributed by atoms with van der Waals surface area (Å²) in [5.41, 5.74) is 6.60. The molecule has 7 aromatic heterocycles. The van der Waals surface area contributed by atoms with Gasteiger partial charge in [-0.3, -0.25) is 57.5 Å². The Balaban J connectivity index is 0.000000133. The average molecular weight is 1910 g/mol. The summed E-state index contributed by atoms with van der Waals surface area (Å²) < 4.78 is 103. The number of aryl methyl sites for hydroxylation is 4. The van der Waals surface area contributed by atoms with Crippen LogP contribution in [0.15, 0.2) is 97.5 Å². The van der Waals surface area contributed by atoms with E-state index in [-0.39, 0.29) is 51.3 Å². The molecule has 42 heteroatoms. The van der Waals surface area contributed by atoms with E-state index in [1.54, 1.807) is 120 Å². The van der Waals surface area contributed by atoms with Gasteiger partial charge in [-0.2, -0.15) is 51.5 Å². The van der Waals surface area contributed by atoms with E-state index in [1.165, 1.54) is 24.7 Å². The van der Waals surface area contributed by atoms with Crippen molar-refractivity contribution in [1.29, 1.82) is 5.26 Å². The maximum Gasteiger partial charge on any atom is 0.295 e. The Bertz CT molecular complexity index is 6970. The standard InChI is InChI=1S/C25H23F2N7O3.C24H23ClF2N6O3.C24H24F2N6O3.C23H22FN3O3/c1-13-5-6-16(8-15(13)9-28)30-22(36)19-14(2)20(34-7-3-4-17(19)34)21(35)23(37)31-24(11-25(26,27)12-24)18-10-29-33-32-18;1-12-5-6-14(8-15(12)25)29-21(35)18-13(2)19(33-7-3-4-16(18)33)20(34)22(36)30-23(10-24(26,27)11-23)17-9-28-32-31-17;1-13-5-7-15(8-6-13)28-21(34)18-14(2)19(32-9-3-4-16(18)32)20(33)22(35)29-23(11-24(25,26)12-23)17-10-27-31-30-17;1-4-23(9-10-23)26-22(30)20(28)19-14(3)18(17-6-5-11-27(17)19)21(29)25-15-8-7-13(2)16(24)12-15/h5-6,8,10H,3-4,7,11-12H2,1-2H3,(H,30,36)(H,31,37)(H,29,32,33);5-6,8-9H,3-4,7,10-11H2,1-2H3,(H,29,35)(H,30,36)(H,28,31,32);5-8,10H,3-4,9,11-12H2,1-2H3,(H,28,34)(H,29,35)(H,27,30,31);1,7-8,12H,5-6,9-11H2,2-3H3,(H,25,29)(H,26,30). The van der Waals surface area contributed by atoms with Crippen molar-refractivity contribution in [3.8, 4) is 18.4 Å². The molecule has 4 aliphatic carbocycles. The zero-order chi connectivity index (χ0) is 98.9. The van der Waals surface area contributed by atoms with Gasteiger partial charge in [0.05, 0.1) is 91.9 Å². The number of amides is 8. The Labute approximate surface area is 787 Å². The van der Waals surface area contributed by atoms with Gasteiger partial charge in [-0.05, 0) is 207 Å². The molecule has 0 saturated heterocycles. The largest absolute Gasteiger partial charge is 0.341 e. The van der Waals surface area contributed by atoms with Crippen LogP contribution < -0.4 is 42.5 Å². The van der Waals surface area contributed by atoms with Crippen LogP contribution in [0.1, 0.15) is 250 Å². The van der Waals surface area contributed by atoms with Crippen LogP contribution in [-0.4, -0.2) is 158 Å². The predicted octanol–water partition coefficient (Wildman–Crippen LogP) is 12.6. The van der Waals surface area contributed by atoms with Crippen LogP contribution in [-0.2, 0) is 87.7 Å². The monoisotopic (exact) mass is 1910 g/mol. The minimum absolute atomic E-state index is 0.0538. The SMILES string of the molecule is C#CC1(NC(=O)C(=O)c2c(C)c(C(=O)Nc3ccc(C)c(F)c3)c3n2CCC3)CC1.Cc1ccc(NC(=O)c2c(C)c(C(=O)C(=O)NC3(c4cn[nH]n4)CC(F)(F)C3)n3c2CCC3)cc1.Cc1ccc(NC(=O)c2c(C)c(C(=O)C(=O)NC3(c4cn[nH]n4)CC(F)(F)C3)n3c2CCC3)cc1C#N.Cc1ccc(NC(=O)c2c(C)c(C(=O)C(=O)NC3(c4cn[nH]n4)CC(F)(F)C3)n3c2CCC3)cc1Cl. The van der Waals surface area contributed by atoms with Gasteiger partial charge in [-0.1, -0.05) is 53.4 Å². The summed E-state index contributed by atoms with van der Waals surface area (Å²) in [4.78, 5) is 157. The molecule has 4 aliphatic heterocycles. The number of hydrogen-bond acceptors (Lipinski definition) is 19. The molecule has 4 aromatic carbocycles. The van der Waals surface area contributed by atoms with Gasteiger partial charge >= 0.3 is 0 Å². The number of aromatic nitrogens is 13. The van der Waals surface area contributed by atoms with Gasteiger partial charge in [0.1, 0.15) is 28.4 Å². The molecule has 4 fully saturated rings. The topological polar surface area (TPSA) is 469 Å². The second-order valence-corrected chi connectivity index (χ2v) is 36.7. The highest BCUT2D eigenvalue weighted by atomic mass is 35.5. The number of rotatable bonds is 23. The van der Waals surface area contributed by atoms with Gasteiger partial charge in [-0.15, -0.1) is 6.42 Å². The van der Waals surface area contributed by atoms with Gasteiger partial charge in [0.2, 0.25) is 0 Å². The number of H-pyrrole nitrogens is 3. The molecule has 0 unspecified atom stereocenters. The molecule has 8 aliphatic rings. The number of hydrogen-bond donors (Lipinski definition) is 11. The summed E-state index contributed by atoms with van der Waals surface area (Å²) in [5, 5.41) is 60.5. The van der Waals surface area contributed by atoms with Crippen molar-refractivity contribution in [2.75, 3.05) is 21.3 Å². The maximum atomic E-state index is 13.8. The van der Waals surface area contributed by atoms with E-state index < -0.39 is 149 Å². The summed E-state index contributed by atoms with van der Waals surface area (Å²) in [6.45, 7) is 15.6. The van der Waals surface area contributed by atoms with Gasteiger partial charge in [-0.25, -0.2) is 30.7 Å². The molecule has 19 rings (SSSR count). The number of nitrogens with one attached hydrogen (secondary N) is 11. The van der Waals surface area contributed by atoms with Crippen LogP contribution in [0, 0.1) is 84.9 Å². The first-order chi connectivity index (χ1) is 65.4. The first-order valence-corrected chi connectivity index (χ1v) is 44.7. The first kappa shape index (κ1) is 95.9. The van der Waals surface area contributed by atoms with Gasteiger partial charge in [0.15, 0.2) is 0 Å². The summed E-state index contributed by atoms with van der Waals surface area (Å²) in [6.07, 6.45) is 11.5. The molecule has 0 spiro atoms. The first-order valence-electron chi connectivity index (χ1n) is 44.3. The Morgan fingerprint density at radius 2 is 0.703 bits per heavy atom. The number of halogens is 8. The highest BCUT2D eigenvalue weighted by molar-refractivity contribution is 6.45. The van der Waals surface area contributed by atoms with Crippen LogP contribution in [0.5, 0.6) is 0 Å². The average Bonchev–Trinajstić information content (AvgIpc) is 0.981. The van der Waals surface area contributed by atoms with Crippen LogP contribution in [0.3, 0.4) is 0 Å². The lowest BCUT2D eigenvalue weighted by Crippen LogP contribution is -2.61. The molecule has 34 nitrogen and oxygen atoms in total. The molecule has 11 aromatic rings. The predicted molar refractivity (Wildman–Crippen MR) is 484 cm³/mol. The fourth-order valence-corrected chi connectivity index (χ4v) is 19.8. The highest BCUT2D eigenvalue weighted by Gasteiger charge is 2.63. The Kier molecular flexibility index (Phi) is 25.5. The molecule has 138 heavy (non-hydrogen) atoms. The normalized spacial score (nSPS) is 16.9. The van der Waals surface area contributed by atoms with E-state index in [4.69, 9.17) is 18.0 Å². The zero-order valence-electron chi connectivity index (χ0n) is 75.8. The van der Waals surface area contributed by atoms with Crippen molar-refractivity contribution < 1.29 is 88.3 Å². The lowest BCUT2D eigenvalue weighted by atomic mass is 9.71. The highest BCUT2D eigenvalue weighted by Crippen LogP contribution is 2.54. The van der Waals surface area contributed by atoms with E-state index in [9.17, 15) is 93.5 Å². The number of Topliss-reactive ketones (excluding diaryl/α,β-unsaturated/α-hetero) is 4. The van der Waals surface area contributed by atoms with E-state index in [2.05, 4.69) is 101 Å². The summed E-state index contributed by atoms with van der Waals surface area (Å²) >= 11 is 6.17. The molecule has 0 bridgehead atoms. The Morgan fingerprint density at radius 3 is 0.993 bits per heavy atom. The summed E-state index contributed by atoms with van der Waals surface area (Å²) in [7, 11) is 0. The fraction of sp³-hybridized carbons (Fsp3) is 0.365. The minimum atomic E-state index is -3.01. The minimum Gasteiger partial charge on any atom is -0.341 e. The number of carbonyl (C=O) groups excluding carboxylic acids is 12. The molecule has 8 amide bonds. The number of ketones is 4. The molecule has 0 atom stereocenters. The Morgan fingerprint density at radius 1 is 0.406 bits per heavy atom. The van der Waals surface area contributed by atoms with Crippen LogP contribution in [0.25, 0.3) is 0 Å². The molecule has 11 heterocycles. The third-order valence-corrected chi connectivity index (χ3v) is 26.9. The zero-order valence-corrected chi connectivity index (χ0v) is 76.6. The third-order valence-electron chi connectivity index (χ3n) is 26.5. The van der Waals surface area contributed by atoms with Crippen LogP contribution in [0.2, 0.25) is 5.02 Å². The molecular weight excluding hydrogens is 1820 g/mol. The van der Waals surface area contributed by atoms with Crippen LogP contribution in [0.4, 0.5) is 53.5 Å². The fourth-order valence-electron chi connectivity index (χ4n) is 19.6. The van der Waals surface area contributed by atoms with Crippen molar-refractivity contribution in [3.63, 3.8) is 0 Å².